The Morgan fingerprint density at radius 2 is 2.06 bits per heavy atom. The van der Waals surface area contributed by atoms with Gasteiger partial charge in [0.2, 0.25) is 5.91 Å². The average molecular weight is 277 g/mol. The van der Waals surface area contributed by atoms with Crippen molar-refractivity contribution in [3.8, 4) is 0 Å². The summed E-state index contributed by atoms with van der Waals surface area (Å²) in [5, 5.41) is 0. The van der Waals surface area contributed by atoms with Crippen molar-refractivity contribution in [2.24, 2.45) is 5.73 Å². The van der Waals surface area contributed by atoms with E-state index in [1.165, 1.54) is 0 Å². The number of amides is 1. The molecule has 0 aromatic carbocycles. The molecule has 0 aliphatic carbocycles. The molecule has 0 aromatic rings. The molecule has 98 valence electrons. The summed E-state index contributed by atoms with van der Waals surface area (Å²) in [7, 11) is 1.06. The zero-order chi connectivity index (χ0) is 12.8. The molecule has 17 heavy (non-hydrogen) atoms. The van der Waals surface area contributed by atoms with E-state index in [1.807, 2.05) is 4.90 Å². The van der Waals surface area contributed by atoms with Crippen LogP contribution in [0.5, 0.6) is 0 Å². The summed E-state index contributed by atoms with van der Waals surface area (Å²) in [6.45, 7) is 2.43. The Kier molecular flexibility index (Phi) is 6.01. The van der Waals surface area contributed by atoms with Crippen LogP contribution in [-0.2, 0) is 15.6 Å². The summed E-state index contributed by atoms with van der Waals surface area (Å²) in [6, 6.07) is 0. The van der Waals surface area contributed by atoms with Crippen LogP contribution in [0.15, 0.2) is 0 Å². The van der Waals surface area contributed by atoms with Crippen LogP contribution in [0.2, 0.25) is 0 Å². The Labute approximate surface area is 110 Å². The minimum Gasteiger partial charge on any atom is -0.393 e. The Hall–Kier alpha value is -0.530. The Balaban J connectivity index is 2.28. The monoisotopic (exact) mass is 277 g/mol. The Morgan fingerprint density at radius 1 is 1.47 bits per heavy atom. The molecule has 1 amide bonds. The van der Waals surface area contributed by atoms with Gasteiger partial charge in [-0.2, -0.15) is 0 Å². The predicted molar refractivity (Wildman–Crippen MR) is 73.4 cm³/mol. The van der Waals surface area contributed by atoms with Crippen LogP contribution in [0.25, 0.3) is 0 Å². The van der Waals surface area contributed by atoms with E-state index in [2.05, 4.69) is 0 Å². The fourth-order valence-electron chi connectivity index (χ4n) is 1.55. The van der Waals surface area contributed by atoms with Gasteiger partial charge in [-0.15, -0.1) is 0 Å². The molecule has 2 N–H and O–H groups in total. The van der Waals surface area contributed by atoms with Crippen LogP contribution in [0.4, 0.5) is 0 Å². The molecular formula is C10H19N3O2S2. The van der Waals surface area contributed by atoms with E-state index in [4.69, 9.17) is 18.0 Å². The molecule has 0 saturated carbocycles. The molecule has 0 unspecified atom stereocenters. The number of carbonyl (C=O) groups is 1. The molecule has 1 aliphatic heterocycles. The van der Waals surface area contributed by atoms with Crippen molar-refractivity contribution in [3.63, 3.8) is 0 Å². The van der Waals surface area contributed by atoms with E-state index >= 15 is 0 Å². The number of carbonyl (C=O) groups excluding carboxylic acids is 1. The minimum absolute atomic E-state index is 0.0638. The van der Waals surface area contributed by atoms with E-state index in [1.54, 1.807) is 11.9 Å². The lowest BCUT2D eigenvalue weighted by Crippen LogP contribution is -2.44. The van der Waals surface area contributed by atoms with E-state index in [-0.39, 0.29) is 5.91 Å². The largest absolute Gasteiger partial charge is 0.393 e. The standard InChI is InChI=1S/C10H19N3O2S2/c1-12(3-2-9(11)16)10(14)8-13-4-6-17(15)7-5-13/h2-8H2,1H3,(H2,11,16). The highest BCUT2D eigenvalue weighted by Gasteiger charge is 2.19. The number of rotatable bonds is 5. The van der Waals surface area contributed by atoms with Gasteiger partial charge in [-0.05, 0) is 0 Å². The fourth-order valence-corrected chi connectivity index (χ4v) is 2.77. The first-order valence-corrected chi connectivity index (χ1v) is 7.48. The first-order valence-electron chi connectivity index (χ1n) is 5.58. The van der Waals surface area contributed by atoms with Gasteiger partial charge in [0, 0.05) is 55.4 Å². The maximum Gasteiger partial charge on any atom is 0.236 e. The highest BCUT2D eigenvalue weighted by molar-refractivity contribution is 7.85. The minimum atomic E-state index is -0.696. The molecular weight excluding hydrogens is 258 g/mol. The first-order chi connectivity index (χ1) is 7.99. The molecule has 1 aliphatic rings. The van der Waals surface area contributed by atoms with Crippen LogP contribution < -0.4 is 5.73 Å². The highest BCUT2D eigenvalue weighted by Crippen LogP contribution is 2.01. The molecule has 7 heteroatoms. The van der Waals surface area contributed by atoms with Crippen LogP contribution in [0, 0.1) is 0 Å². The van der Waals surface area contributed by atoms with Gasteiger partial charge < -0.3 is 10.6 Å². The second-order valence-electron chi connectivity index (χ2n) is 4.16. The Morgan fingerprint density at radius 3 is 2.59 bits per heavy atom. The molecule has 1 fully saturated rings. The second-order valence-corrected chi connectivity index (χ2v) is 6.38. The summed E-state index contributed by atoms with van der Waals surface area (Å²) in [5.41, 5.74) is 5.39. The summed E-state index contributed by atoms with van der Waals surface area (Å²) >= 11 is 4.77. The second kappa shape index (κ2) is 7.03. The molecule has 0 spiro atoms. The number of likely N-dealkylation sites (N-methyl/N-ethyl adjacent to an activating group) is 1. The summed E-state index contributed by atoms with van der Waals surface area (Å²) in [5.74, 6) is 1.40. The number of hydrogen-bond donors (Lipinski definition) is 1. The van der Waals surface area contributed by atoms with Gasteiger partial charge in [-0.3, -0.25) is 13.9 Å². The van der Waals surface area contributed by atoms with E-state index in [0.29, 0.717) is 36.0 Å². The summed E-state index contributed by atoms with van der Waals surface area (Å²) in [6.07, 6.45) is 0.557. The lowest BCUT2D eigenvalue weighted by molar-refractivity contribution is -0.130. The molecule has 0 bridgehead atoms. The topological polar surface area (TPSA) is 66.6 Å². The van der Waals surface area contributed by atoms with Gasteiger partial charge in [-0.1, -0.05) is 12.2 Å². The van der Waals surface area contributed by atoms with E-state index in [9.17, 15) is 9.00 Å². The zero-order valence-electron chi connectivity index (χ0n) is 10.1. The van der Waals surface area contributed by atoms with Crippen LogP contribution in [0.1, 0.15) is 6.42 Å². The van der Waals surface area contributed by atoms with Crippen molar-refractivity contribution in [2.75, 3.05) is 44.7 Å². The number of hydrogen-bond acceptors (Lipinski definition) is 4. The van der Waals surface area contributed by atoms with Crippen molar-refractivity contribution in [1.82, 2.24) is 9.80 Å². The highest BCUT2D eigenvalue weighted by atomic mass is 32.2. The van der Waals surface area contributed by atoms with Crippen LogP contribution in [0.3, 0.4) is 0 Å². The predicted octanol–water partition coefficient (Wildman–Crippen LogP) is -0.815. The third-order valence-corrected chi connectivity index (χ3v) is 4.23. The van der Waals surface area contributed by atoms with E-state index < -0.39 is 10.8 Å². The van der Waals surface area contributed by atoms with Gasteiger partial charge in [0.1, 0.15) is 0 Å². The normalized spacial score (nSPS) is 17.9. The lowest BCUT2D eigenvalue weighted by atomic mass is 10.3. The van der Waals surface area contributed by atoms with Crippen molar-refractivity contribution >= 4 is 33.9 Å². The van der Waals surface area contributed by atoms with Gasteiger partial charge in [0.25, 0.3) is 0 Å². The zero-order valence-corrected chi connectivity index (χ0v) is 11.7. The number of nitrogens with two attached hydrogens (primary N) is 1. The number of nitrogens with zero attached hydrogens (tertiary/aromatic N) is 2. The third-order valence-electron chi connectivity index (χ3n) is 2.75. The molecule has 0 radical (unpaired) electrons. The Bertz CT molecular complexity index is 313. The smallest absolute Gasteiger partial charge is 0.236 e. The molecule has 1 saturated heterocycles. The fraction of sp³-hybridized carbons (Fsp3) is 0.800. The van der Waals surface area contributed by atoms with Crippen molar-refractivity contribution < 1.29 is 9.00 Å². The first kappa shape index (κ1) is 14.5. The maximum absolute atomic E-state index is 11.8. The number of thiocarbonyl (C=S) groups is 1. The van der Waals surface area contributed by atoms with Gasteiger partial charge in [0.05, 0.1) is 11.5 Å². The molecule has 1 rings (SSSR count). The van der Waals surface area contributed by atoms with Gasteiger partial charge >= 0.3 is 0 Å². The van der Waals surface area contributed by atoms with Crippen molar-refractivity contribution in [2.45, 2.75) is 6.42 Å². The molecule has 0 aromatic heterocycles. The SMILES string of the molecule is CN(CCC(N)=S)C(=O)CN1CCS(=O)CC1. The third kappa shape index (κ3) is 5.56. The lowest BCUT2D eigenvalue weighted by Gasteiger charge is -2.27. The maximum atomic E-state index is 11.8. The van der Waals surface area contributed by atoms with E-state index in [0.717, 1.165) is 13.1 Å². The van der Waals surface area contributed by atoms with Gasteiger partial charge in [-0.25, -0.2) is 0 Å². The quantitative estimate of drug-likeness (QED) is 0.666. The summed E-state index contributed by atoms with van der Waals surface area (Å²) < 4.78 is 11.2. The summed E-state index contributed by atoms with van der Waals surface area (Å²) in [4.78, 5) is 15.9. The molecule has 5 nitrogen and oxygen atoms in total. The molecule has 1 heterocycles. The van der Waals surface area contributed by atoms with Crippen LogP contribution in [-0.4, -0.2) is 69.6 Å². The molecule has 0 atom stereocenters. The van der Waals surface area contributed by atoms with Crippen LogP contribution >= 0.6 is 12.2 Å². The van der Waals surface area contributed by atoms with Gasteiger partial charge in [0.15, 0.2) is 0 Å². The average Bonchev–Trinajstić information content (AvgIpc) is 2.28. The van der Waals surface area contributed by atoms with Crippen molar-refractivity contribution in [1.29, 1.82) is 0 Å². The van der Waals surface area contributed by atoms with Crippen molar-refractivity contribution in [3.05, 3.63) is 0 Å².